The zero-order valence-electron chi connectivity index (χ0n) is 4.89. The van der Waals surface area contributed by atoms with Gasteiger partial charge in [-0.2, -0.15) is 0 Å². The number of nitrogens with zero attached hydrogens (tertiary/aromatic N) is 1. The van der Waals surface area contributed by atoms with Crippen LogP contribution in [0, 0.1) is 6.54 Å². The average molecular weight is 178 g/mol. The molecule has 1 N–H and O–H groups in total. The van der Waals surface area contributed by atoms with E-state index >= 15 is 0 Å². The predicted octanol–water partition coefficient (Wildman–Crippen LogP) is 0.404. The van der Waals surface area contributed by atoms with Crippen molar-refractivity contribution in [1.82, 2.24) is 10.2 Å². The number of hydrogen-bond acceptors (Lipinski definition) is 2. The molecular weight excluding hydrogens is 168 g/mol. The molecular formula is C5H10BrN2. The van der Waals surface area contributed by atoms with Crippen LogP contribution in [0.2, 0.25) is 0 Å². The quantitative estimate of drug-likeness (QED) is 0.426. The number of alkyl halides is 1. The van der Waals surface area contributed by atoms with Gasteiger partial charge in [-0.25, -0.2) is 0 Å². The minimum absolute atomic E-state index is 0.483. The molecule has 0 saturated carbocycles. The molecule has 1 fully saturated rings. The summed E-state index contributed by atoms with van der Waals surface area (Å²) < 4.78 is 0. The Morgan fingerprint density at radius 1 is 1.88 bits per heavy atom. The van der Waals surface area contributed by atoms with Gasteiger partial charge in [0.1, 0.15) is 0 Å². The van der Waals surface area contributed by atoms with Gasteiger partial charge >= 0.3 is 0 Å². The van der Waals surface area contributed by atoms with Crippen LogP contribution in [-0.2, 0) is 0 Å². The Labute approximate surface area is 58.4 Å². The third-order valence-electron chi connectivity index (χ3n) is 1.28. The van der Waals surface area contributed by atoms with Gasteiger partial charge in [-0.3, -0.25) is 4.90 Å². The van der Waals surface area contributed by atoms with Crippen molar-refractivity contribution in [2.24, 2.45) is 0 Å². The van der Waals surface area contributed by atoms with Crippen molar-refractivity contribution in [1.29, 1.82) is 0 Å². The first kappa shape index (κ1) is 6.52. The molecule has 3 heteroatoms. The van der Waals surface area contributed by atoms with Gasteiger partial charge in [0.15, 0.2) is 0 Å². The molecule has 1 radical (unpaired) electrons. The van der Waals surface area contributed by atoms with Crippen LogP contribution in [0.25, 0.3) is 0 Å². The van der Waals surface area contributed by atoms with Crippen molar-refractivity contribution in [3.8, 4) is 0 Å². The molecule has 1 aliphatic rings. The van der Waals surface area contributed by atoms with E-state index in [1.165, 1.54) is 0 Å². The molecule has 0 amide bonds. The summed E-state index contributed by atoms with van der Waals surface area (Å²) in [4.78, 5) is 2.65. The van der Waals surface area contributed by atoms with Crippen LogP contribution >= 0.6 is 15.9 Å². The SMILES string of the molecule is CN1[CH]CNCC1Br. The fraction of sp³-hybridized carbons (Fsp3) is 0.800. The molecule has 0 spiro atoms. The smallest absolute Gasteiger partial charge is 0.0782 e. The summed E-state index contributed by atoms with van der Waals surface area (Å²) >= 11 is 3.49. The Hall–Kier alpha value is 0.400. The van der Waals surface area contributed by atoms with E-state index in [2.05, 4.69) is 39.7 Å². The van der Waals surface area contributed by atoms with Gasteiger partial charge in [0.2, 0.25) is 0 Å². The molecule has 0 bridgehead atoms. The molecule has 0 aromatic heterocycles. The second-order valence-electron chi connectivity index (χ2n) is 1.94. The maximum atomic E-state index is 3.49. The lowest BCUT2D eigenvalue weighted by atomic mass is 10.4. The molecule has 2 nitrogen and oxygen atoms in total. The van der Waals surface area contributed by atoms with Crippen molar-refractivity contribution >= 4 is 15.9 Å². The lowest BCUT2D eigenvalue weighted by molar-refractivity contribution is 0.326. The average Bonchev–Trinajstić information content (AvgIpc) is 1.77. The first-order valence-corrected chi connectivity index (χ1v) is 3.62. The van der Waals surface area contributed by atoms with Crippen LogP contribution < -0.4 is 5.32 Å². The highest BCUT2D eigenvalue weighted by Crippen LogP contribution is 2.07. The third-order valence-corrected chi connectivity index (χ3v) is 2.25. The maximum absolute atomic E-state index is 3.49. The minimum atomic E-state index is 0.483. The number of rotatable bonds is 0. The Kier molecular flexibility index (Phi) is 2.28. The predicted molar refractivity (Wildman–Crippen MR) is 37.6 cm³/mol. The Morgan fingerprint density at radius 2 is 2.62 bits per heavy atom. The highest BCUT2D eigenvalue weighted by Gasteiger charge is 2.13. The standard InChI is InChI=1S/C5H10BrN2/c1-8-3-2-7-4-5(8)6/h3,5,7H,2,4H2,1H3. The van der Waals surface area contributed by atoms with Gasteiger partial charge in [0.05, 0.1) is 4.95 Å². The van der Waals surface area contributed by atoms with Crippen LogP contribution in [0.5, 0.6) is 0 Å². The lowest BCUT2D eigenvalue weighted by Crippen LogP contribution is -2.42. The van der Waals surface area contributed by atoms with Crippen LogP contribution in [0.15, 0.2) is 0 Å². The van der Waals surface area contributed by atoms with Crippen molar-refractivity contribution in [2.75, 3.05) is 20.1 Å². The van der Waals surface area contributed by atoms with Gasteiger partial charge in [-0.1, -0.05) is 15.9 Å². The van der Waals surface area contributed by atoms with Crippen molar-refractivity contribution in [2.45, 2.75) is 4.95 Å². The van der Waals surface area contributed by atoms with Crippen molar-refractivity contribution in [3.63, 3.8) is 0 Å². The zero-order valence-corrected chi connectivity index (χ0v) is 6.48. The van der Waals surface area contributed by atoms with E-state index in [4.69, 9.17) is 0 Å². The molecule has 1 unspecified atom stereocenters. The summed E-state index contributed by atoms with van der Waals surface area (Å²) in [6.45, 7) is 4.16. The summed E-state index contributed by atoms with van der Waals surface area (Å²) in [5.41, 5.74) is 0. The first-order valence-electron chi connectivity index (χ1n) is 2.71. The summed E-state index contributed by atoms with van der Waals surface area (Å²) in [5, 5.41) is 3.22. The van der Waals surface area contributed by atoms with Crippen molar-refractivity contribution in [3.05, 3.63) is 6.54 Å². The summed E-state index contributed by atoms with van der Waals surface area (Å²) in [6.07, 6.45) is 0. The number of nitrogens with one attached hydrogen (secondary N) is 1. The normalized spacial score (nSPS) is 33.0. The van der Waals surface area contributed by atoms with E-state index in [1.807, 2.05) is 0 Å². The molecule has 1 aliphatic heterocycles. The van der Waals surface area contributed by atoms with E-state index in [0.717, 1.165) is 13.1 Å². The molecule has 8 heavy (non-hydrogen) atoms. The fourth-order valence-corrected chi connectivity index (χ4v) is 1.07. The van der Waals surface area contributed by atoms with Crippen LogP contribution in [-0.4, -0.2) is 30.0 Å². The number of halogens is 1. The molecule has 47 valence electrons. The number of piperazine rings is 1. The Balaban J connectivity index is 2.28. The summed E-state index contributed by atoms with van der Waals surface area (Å²) in [6, 6.07) is 0. The molecule has 0 aromatic carbocycles. The minimum Gasteiger partial charge on any atom is -0.313 e. The van der Waals surface area contributed by atoms with Crippen LogP contribution in [0.4, 0.5) is 0 Å². The zero-order chi connectivity index (χ0) is 5.98. The molecule has 1 atom stereocenters. The molecule has 0 aliphatic carbocycles. The molecule has 0 aromatic rings. The summed E-state index contributed by atoms with van der Waals surface area (Å²) in [5.74, 6) is 0. The molecule has 1 saturated heterocycles. The van der Waals surface area contributed by atoms with Crippen molar-refractivity contribution < 1.29 is 0 Å². The van der Waals surface area contributed by atoms with E-state index in [1.54, 1.807) is 0 Å². The van der Waals surface area contributed by atoms with Crippen LogP contribution in [0.1, 0.15) is 0 Å². The molecule has 1 rings (SSSR count). The second-order valence-corrected chi connectivity index (χ2v) is 3.00. The highest BCUT2D eigenvalue weighted by atomic mass is 79.9. The topological polar surface area (TPSA) is 15.3 Å². The largest absolute Gasteiger partial charge is 0.313 e. The van der Waals surface area contributed by atoms with Gasteiger partial charge < -0.3 is 5.32 Å². The van der Waals surface area contributed by atoms with Gasteiger partial charge in [0.25, 0.3) is 0 Å². The van der Waals surface area contributed by atoms with Gasteiger partial charge in [0, 0.05) is 19.6 Å². The Bertz CT molecular complexity index is 66.8. The van der Waals surface area contributed by atoms with Crippen LogP contribution in [0.3, 0.4) is 0 Å². The number of hydrogen-bond donors (Lipinski definition) is 1. The third kappa shape index (κ3) is 1.44. The highest BCUT2D eigenvalue weighted by molar-refractivity contribution is 9.09. The lowest BCUT2D eigenvalue weighted by Gasteiger charge is -2.27. The van der Waals surface area contributed by atoms with E-state index < -0.39 is 0 Å². The molecule has 1 heterocycles. The fourth-order valence-electron chi connectivity index (χ4n) is 0.669. The first-order chi connectivity index (χ1) is 3.80. The monoisotopic (exact) mass is 177 g/mol. The summed E-state index contributed by atoms with van der Waals surface area (Å²) in [7, 11) is 2.07. The van der Waals surface area contributed by atoms with Gasteiger partial charge in [-0.05, 0) is 7.05 Å². The van der Waals surface area contributed by atoms with E-state index in [0.29, 0.717) is 4.95 Å². The van der Waals surface area contributed by atoms with Gasteiger partial charge in [-0.15, -0.1) is 0 Å². The van der Waals surface area contributed by atoms with E-state index in [9.17, 15) is 0 Å². The Morgan fingerprint density at radius 3 is 3.00 bits per heavy atom. The number of likely N-dealkylation sites (N-methyl/N-ethyl adjacent to an activating group) is 1. The maximum Gasteiger partial charge on any atom is 0.0782 e. The second kappa shape index (κ2) is 2.80. The van der Waals surface area contributed by atoms with E-state index in [-0.39, 0.29) is 0 Å².